The summed E-state index contributed by atoms with van der Waals surface area (Å²) in [4.78, 5) is 16.6. The average Bonchev–Trinajstić information content (AvgIpc) is 2.85. The second-order valence-electron chi connectivity index (χ2n) is 7.78. The Bertz CT molecular complexity index is 1230. The highest BCUT2D eigenvalue weighted by Crippen LogP contribution is 2.23. The summed E-state index contributed by atoms with van der Waals surface area (Å²) in [5, 5.41) is 9.00. The molecule has 33 heavy (non-hydrogen) atoms. The van der Waals surface area contributed by atoms with Gasteiger partial charge in [0.05, 0.1) is 18.7 Å². The first-order valence-corrected chi connectivity index (χ1v) is 10.7. The molecule has 0 atom stereocenters. The van der Waals surface area contributed by atoms with E-state index in [0.717, 1.165) is 27.8 Å². The minimum Gasteiger partial charge on any atom is -0.481 e. The van der Waals surface area contributed by atoms with Crippen LogP contribution in [-0.4, -0.2) is 11.1 Å². The summed E-state index contributed by atoms with van der Waals surface area (Å²) in [6.07, 6.45) is 0.0129. The van der Waals surface area contributed by atoms with Gasteiger partial charge in [0.2, 0.25) is 0 Å². The largest absolute Gasteiger partial charge is 0.481 e. The van der Waals surface area contributed by atoms with E-state index in [0.29, 0.717) is 12.3 Å². The van der Waals surface area contributed by atoms with E-state index in [1.54, 1.807) is 0 Å². The first kappa shape index (κ1) is 22.1. The van der Waals surface area contributed by atoms with Crippen molar-refractivity contribution in [3.63, 3.8) is 0 Å². The van der Waals surface area contributed by atoms with Crippen molar-refractivity contribution in [2.24, 2.45) is 0 Å². The average molecular weight is 436 g/mol. The SMILES string of the molecule is C=C(NOCc1ccc(-c2ccccc2)cc1)c1ccc(-c2cccc(CC(=O)O)c2)cc1. The molecule has 0 bridgehead atoms. The zero-order valence-electron chi connectivity index (χ0n) is 18.2. The summed E-state index contributed by atoms with van der Waals surface area (Å²) in [5.41, 5.74) is 10.7. The number of carboxylic acids is 1. The number of aliphatic carboxylic acids is 1. The Labute approximate surface area is 193 Å². The van der Waals surface area contributed by atoms with E-state index >= 15 is 0 Å². The highest BCUT2D eigenvalue weighted by molar-refractivity contribution is 5.73. The van der Waals surface area contributed by atoms with Gasteiger partial charge in [-0.05, 0) is 38.9 Å². The minimum absolute atomic E-state index is 0.0129. The predicted octanol–water partition coefficient (Wildman–Crippen LogP) is 6.34. The predicted molar refractivity (Wildman–Crippen MR) is 132 cm³/mol. The topological polar surface area (TPSA) is 58.6 Å². The molecule has 4 aromatic carbocycles. The lowest BCUT2D eigenvalue weighted by Crippen LogP contribution is -2.12. The standard InChI is InChI=1S/C29H25NO3/c1-21(30-33-20-22-10-12-26(13-11-22)25-7-3-2-4-8-25)24-14-16-27(17-15-24)28-9-5-6-23(18-28)19-29(31)32/h2-18,30H,1,19-20H2,(H,31,32). The molecule has 4 rings (SSSR count). The first-order chi connectivity index (χ1) is 16.1. The van der Waals surface area contributed by atoms with Crippen molar-refractivity contribution < 1.29 is 14.7 Å². The Morgan fingerprint density at radius 1 is 0.727 bits per heavy atom. The molecule has 0 saturated heterocycles. The van der Waals surface area contributed by atoms with Crippen LogP contribution >= 0.6 is 0 Å². The Hall–Kier alpha value is -4.15. The van der Waals surface area contributed by atoms with Gasteiger partial charge in [0, 0.05) is 0 Å². The van der Waals surface area contributed by atoms with Crippen LogP contribution in [-0.2, 0) is 22.7 Å². The summed E-state index contributed by atoms with van der Waals surface area (Å²) in [6, 6.07) is 34.0. The zero-order valence-corrected chi connectivity index (χ0v) is 18.2. The van der Waals surface area contributed by atoms with Crippen LogP contribution in [0.5, 0.6) is 0 Å². The highest BCUT2D eigenvalue weighted by atomic mass is 16.6. The van der Waals surface area contributed by atoms with Crippen molar-refractivity contribution in [3.8, 4) is 22.3 Å². The second-order valence-corrected chi connectivity index (χ2v) is 7.78. The number of hydrogen-bond acceptors (Lipinski definition) is 3. The summed E-state index contributed by atoms with van der Waals surface area (Å²) in [6.45, 7) is 4.48. The van der Waals surface area contributed by atoms with Gasteiger partial charge in [0.1, 0.15) is 0 Å². The van der Waals surface area contributed by atoms with Gasteiger partial charge in [-0.15, -0.1) is 0 Å². The molecule has 4 aromatic rings. The van der Waals surface area contributed by atoms with Crippen molar-refractivity contribution in [3.05, 3.63) is 126 Å². The van der Waals surface area contributed by atoms with Crippen molar-refractivity contribution in [1.29, 1.82) is 0 Å². The molecule has 164 valence electrons. The fourth-order valence-electron chi connectivity index (χ4n) is 3.59. The molecular weight excluding hydrogens is 410 g/mol. The monoisotopic (exact) mass is 435 g/mol. The number of carbonyl (C=O) groups is 1. The third-order valence-electron chi connectivity index (χ3n) is 5.34. The molecule has 0 aliphatic heterocycles. The molecule has 4 nitrogen and oxygen atoms in total. The van der Waals surface area contributed by atoms with Gasteiger partial charge in [-0.1, -0.05) is 110 Å². The number of hydroxylamine groups is 1. The van der Waals surface area contributed by atoms with E-state index in [-0.39, 0.29) is 6.42 Å². The molecule has 0 unspecified atom stereocenters. The Morgan fingerprint density at radius 2 is 1.33 bits per heavy atom. The summed E-state index contributed by atoms with van der Waals surface area (Å²) in [7, 11) is 0. The first-order valence-electron chi connectivity index (χ1n) is 10.7. The van der Waals surface area contributed by atoms with Crippen LogP contribution in [0.4, 0.5) is 0 Å². The molecule has 0 fully saturated rings. The molecule has 0 aromatic heterocycles. The molecule has 0 heterocycles. The molecule has 0 spiro atoms. The van der Waals surface area contributed by atoms with E-state index in [4.69, 9.17) is 9.94 Å². The maximum atomic E-state index is 11.0. The van der Waals surface area contributed by atoms with Gasteiger partial charge in [0.15, 0.2) is 0 Å². The number of nitrogens with one attached hydrogen (secondary N) is 1. The fraction of sp³-hybridized carbons (Fsp3) is 0.0690. The summed E-state index contributed by atoms with van der Waals surface area (Å²) in [5.74, 6) is -0.836. The molecule has 0 aliphatic carbocycles. The molecular formula is C29H25NO3. The van der Waals surface area contributed by atoms with Gasteiger partial charge in [-0.25, -0.2) is 0 Å². The Kier molecular flexibility index (Phi) is 6.98. The molecule has 0 amide bonds. The third kappa shape index (κ3) is 5.97. The van der Waals surface area contributed by atoms with E-state index in [1.165, 1.54) is 11.1 Å². The number of rotatable bonds is 9. The molecule has 4 heteroatoms. The van der Waals surface area contributed by atoms with Gasteiger partial charge >= 0.3 is 5.97 Å². The van der Waals surface area contributed by atoms with E-state index in [1.807, 2.05) is 66.7 Å². The molecule has 0 aliphatic rings. The van der Waals surface area contributed by atoms with Crippen LogP contribution in [0.25, 0.3) is 28.0 Å². The van der Waals surface area contributed by atoms with Gasteiger partial charge in [0.25, 0.3) is 0 Å². The van der Waals surface area contributed by atoms with Gasteiger partial charge in [-0.2, -0.15) is 0 Å². The number of hydrogen-bond donors (Lipinski definition) is 2. The smallest absolute Gasteiger partial charge is 0.307 e. The lowest BCUT2D eigenvalue weighted by atomic mass is 10.0. The van der Waals surface area contributed by atoms with Crippen molar-refractivity contribution in [1.82, 2.24) is 5.48 Å². The molecule has 0 radical (unpaired) electrons. The fourth-order valence-corrected chi connectivity index (χ4v) is 3.59. The summed E-state index contributed by atoms with van der Waals surface area (Å²) >= 11 is 0. The third-order valence-corrected chi connectivity index (χ3v) is 5.34. The van der Waals surface area contributed by atoms with Crippen molar-refractivity contribution >= 4 is 11.7 Å². The Balaban J connectivity index is 1.31. The van der Waals surface area contributed by atoms with E-state index in [2.05, 4.69) is 48.5 Å². The van der Waals surface area contributed by atoms with Crippen LogP contribution in [0.15, 0.2) is 110 Å². The Morgan fingerprint density at radius 3 is 2.03 bits per heavy atom. The number of benzene rings is 4. The lowest BCUT2D eigenvalue weighted by Gasteiger charge is -2.11. The zero-order chi connectivity index (χ0) is 23.0. The van der Waals surface area contributed by atoms with Crippen LogP contribution in [0.3, 0.4) is 0 Å². The van der Waals surface area contributed by atoms with Crippen LogP contribution in [0, 0.1) is 0 Å². The van der Waals surface area contributed by atoms with Crippen molar-refractivity contribution in [2.75, 3.05) is 0 Å². The van der Waals surface area contributed by atoms with E-state index < -0.39 is 5.97 Å². The van der Waals surface area contributed by atoms with E-state index in [9.17, 15) is 4.79 Å². The van der Waals surface area contributed by atoms with Crippen LogP contribution in [0.2, 0.25) is 0 Å². The van der Waals surface area contributed by atoms with Crippen LogP contribution in [0.1, 0.15) is 16.7 Å². The maximum Gasteiger partial charge on any atom is 0.307 e. The molecule has 2 N–H and O–H groups in total. The number of carboxylic acid groups (broad SMARTS) is 1. The summed E-state index contributed by atoms with van der Waals surface area (Å²) < 4.78 is 0. The maximum absolute atomic E-state index is 11.0. The quantitative estimate of drug-likeness (QED) is 0.301. The minimum atomic E-state index is -0.836. The molecule has 0 saturated carbocycles. The highest BCUT2D eigenvalue weighted by Gasteiger charge is 2.05. The van der Waals surface area contributed by atoms with Gasteiger partial charge in [-0.3, -0.25) is 15.1 Å². The van der Waals surface area contributed by atoms with Crippen LogP contribution < -0.4 is 5.48 Å². The second kappa shape index (κ2) is 10.4. The normalized spacial score (nSPS) is 10.5. The van der Waals surface area contributed by atoms with Gasteiger partial charge < -0.3 is 5.11 Å². The van der Waals surface area contributed by atoms with Crippen molar-refractivity contribution in [2.45, 2.75) is 13.0 Å². The lowest BCUT2D eigenvalue weighted by molar-refractivity contribution is -0.136.